The molecule has 0 bridgehead atoms. The average molecular weight is 385 g/mol. The van der Waals surface area contributed by atoms with Crippen molar-refractivity contribution in [2.45, 2.75) is 33.5 Å². The minimum absolute atomic E-state index is 0.0384. The molecule has 148 valence electrons. The zero-order valence-corrected chi connectivity index (χ0v) is 16.5. The van der Waals surface area contributed by atoms with Gasteiger partial charge in [-0.25, -0.2) is 4.79 Å². The van der Waals surface area contributed by atoms with Crippen LogP contribution >= 0.6 is 0 Å². The van der Waals surface area contributed by atoms with Crippen LogP contribution in [0.5, 0.6) is 0 Å². The second kappa shape index (κ2) is 7.85. The number of carbonyl (C=O) groups is 2. The third-order valence-corrected chi connectivity index (χ3v) is 4.58. The van der Waals surface area contributed by atoms with Crippen molar-refractivity contribution in [3.05, 3.63) is 47.0 Å². The Bertz CT molecular complexity index is 1030. The number of amides is 1. The lowest BCUT2D eigenvalue weighted by Crippen LogP contribution is -2.30. The molecule has 2 heterocycles. The Morgan fingerprint density at radius 3 is 2.64 bits per heavy atom. The Balaban J connectivity index is 1.78. The van der Waals surface area contributed by atoms with E-state index >= 15 is 0 Å². The van der Waals surface area contributed by atoms with Crippen molar-refractivity contribution in [1.29, 1.82) is 0 Å². The molecule has 0 saturated heterocycles. The highest BCUT2D eigenvalue weighted by molar-refractivity contribution is 5.99. The van der Waals surface area contributed by atoms with E-state index in [2.05, 4.69) is 10.4 Å². The number of para-hydroxylation sites is 1. The predicted molar refractivity (Wildman–Crippen MR) is 103 cm³/mol. The Morgan fingerprint density at radius 2 is 2.00 bits per heavy atom. The van der Waals surface area contributed by atoms with Gasteiger partial charge in [0, 0.05) is 25.1 Å². The highest BCUT2D eigenvalue weighted by Crippen LogP contribution is 2.27. The van der Waals surface area contributed by atoms with E-state index in [4.69, 9.17) is 13.9 Å². The molecule has 1 amide bonds. The van der Waals surface area contributed by atoms with Crippen LogP contribution in [0.15, 0.2) is 28.7 Å². The zero-order chi connectivity index (χ0) is 20.4. The number of aryl methyl sites for hydroxylation is 2. The molecule has 28 heavy (non-hydrogen) atoms. The minimum Gasteiger partial charge on any atom is -0.449 e. The van der Waals surface area contributed by atoms with Crippen LogP contribution in [0.1, 0.15) is 34.4 Å². The highest BCUT2D eigenvalue weighted by Gasteiger charge is 2.26. The molecular weight excluding hydrogens is 362 g/mol. The van der Waals surface area contributed by atoms with Crippen molar-refractivity contribution >= 4 is 28.5 Å². The lowest BCUT2D eigenvalue weighted by atomic mass is 10.1. The summed E-state index contributed by atoms with van der Waals surface area (Å²) in [6.07, 6.45) is -1.02. The molecule has 0 fully saturated rings. The van der Waals surface area contributed by atoms with Gasteiger partial charge in [0.2, 0.25) is 5.76 Å². The summed E-state index contributed by atoms with van der Waals surface area (Å²) in [6, 6.07) is 7.26. The quantitative estimate of drug-likeness (QED) is 0.655. The predicted octanol–water partition coefficient (Wildman–Crippen LogP) is 3.11. The van der Waals surface area contributed by atoms with E-state index in [0.717, 1.165) is 11.1 Å². The molecule has 1 aromatic carbocycles. The molecule has 0 unspecified atom stereocenters. The summed E-state index contributed by atoms with van der Waals surface area (Å²) in [6.45, 7) is 5.34. The second-order valence-electron chi connectivity index (χ2n) is 6.55. The third-order valence-electron chi connectivity index (χ3n) is 4.58. The summed E-state index contributed by atoms with van der Waals surface area (Å²) in [4.78, 5) is 25.1. The van der Waals surface area contributed by atoms with Gasteiger partial charge in [-0.2, -0.15) is 5.10 Å². The summed E-state index contributed by atoms with van der Waals surface area (Å²) in [5.74, 6) is -1.13. The summed E-state index contributed by atoms with van der Waals surface area (Å²) >= 11 is 0. The van der Waals surface area contributed by atoms with Gasteiger partial charge in [-0.05, 0) is 26.8 Å². The van der Waals surface area contributed by atoms with E-state index in [-0.39, 0.29) is 12.4 Å². The summed E-state index contributed by atoms with van der Waals surface area (Å²) in [5.41, 5.74) is 3.25. The van der Waals surface area contributed by atoms with E-state index < -0.39 is 18.0 Å². The molecule has 1 N–H and O–H groups in total. The van der Waals surface area contributed by atoms with Gasteiger partial charge in [-0.1, -0.05) is 18.2 Å². The Kier molecular flexibility index (Phi) is 5.51. The SMILES string of the molecule is COCc1c(C(=O)O[C@@H](C)C(=O)Nc2c(C)nn(C)c2C)oc2ccccc12. The van der Waals surface area contributed by atoms with Crippen molar-refractivity contribution in [2.24, 2.45) is 7.05 Å². The van der Waals surface area contributed by atoms with Gasteiger partial charge in [0.25, 0.3) is 5.91 Å². The maximum absolute atomic E-state index is 12.6. The summed E-state index contributed by atoms with van der Waals surface area (Å²) in [5, 5.41) is 7.79. The Hall–Kier alpha value is -3.13. The first-order chi connectivity index (χ1) is 13.3. The van der Waals surface area contributed by atoms with Crippen LogP contribution in [0.4, 0.5) is 5.69 Å². The standard InChI is InChI=1S/C20H23N3O5/c1-11-17(12(2)23(4)22-11)21-19(24)13(3)27-20(25)18-15(10-26-5)14-8-6-7-9-16(14)28-18/h6-9,13H,10H2,1-5H3,(H,21,24)/t13-/m0/s1. The van der Waals surface area contributed by atoms with Gasteiger partial charge < -0.3 is 19.2 Å². The molecule has 2 aromatic heterocycles. The lowest BCUT2D eigenvalue weighted by molar-refractivity contribution is -0.123. The van der Waals surface area contributed by atoms with Gasteiger partial charge in [0.15, 0.2) is 6.10 Å². The van der Waals surface area contributed by atoms with Gasteiger partial charge in [-0.15, -0.1) is 0 Å². The number of ether oxygens (including phenoxy) is 2. The third kappa shape index (κ3) is 3.63. The van der Waals surface area contributed by atoms with Crippen LogP contribution in [0.3, 0.4) is 0 Å². The highest BCUT2D eigenvalue weighted by atomic mass is 16.6. The number of anilines is 1. The molecule has 0 saturated carbocycles. The smallest absolute Gasteiger partial charge is 0.375 e. The number of carbonyl (C=O) groups excluding carboxylic acids is 2. The average Bonchev–Trinajstić information content (AvgIpc) is 3.14. The first-order valence-electron chi connectivity index (χ1n) is 8.84. The topological polar surface area (TPSA) is 95.6 Å². The van der Waals surface area contributed by atoms with Crippen molar-refractivity contribution < 1.29 is 23.5 Å². The number of nitrogens with zero attached hydrogens (tertiary/aromatic N) is 2. The monoisotopic (exact) mass is 385 g/mol. The first kappa shape index (κ1) is 19.6. The number of methoxy groups -OCH3 is 1. The second-order valence-corrected chi connectivity index (χ2v) is 6.55. The number of hydrogen-bond acceptors (Lipinski definition) is 6. The molecule has 0 spiro atoms. The Labute approximate surface area is 162 Å². The van der Waals surface area contributed by atoms with Crippen molar-refractivity contribution in [2.75, 3.05) is 12.4 Å². The van der Waals surface area contributed by atoms with Crippen LogP contribution < -0.4 is 5.32 Å². The van der Waals surface area contributed by atoms with Gasteiger partial charge in [-0.3, -0.25) is 9.48 Å². The molecule has 1 atom stereocenters. The van der Waals surface area contributed by atoms with E-state index in [1.807, 2.05) is 25.1 Å². The summed E-state index contributed by atoms with van der Waals surface area (Å²) in [7, 11) is 3.33. The van der Waals surface area contributed by atoms with E-state index in [1.54, 1.807) is 24.7 Å². The maximum atomic E-state index is 12.6. The minimum atomic E-state index is -1.02. The molecule has 8 heteroatoms. The van der Waals surface area contributed by atoms with Gasteiger partial charge in [0.1, 0.15) is 5.58 Å². The number of esters is 1. The number of rotatable bonds is 6. The number of hydrogen-bond donors (Lipinski definition) is 1. The number of benzene rings is 1. The zero-order valence-electron chi connectivity index (χ0n) is 16.5. The lowest BCUT2D eigenvalue weighted by Gasteiger charge is -2.13. The largest absolute Gasteiger partial charge is 0.449 e. The summed E-state index contributed by atoms with van der Waals surface area (Å²) < 4.78 is 17.9. The molecule has 0 aliphatic heterocycles. The van der Waals surface area contributed by atoms with Gasteiger partial charge >= 0.3 is 5.97 Å². The molecule has 3 rings (SSSR count). The molecule has 0 aliphatic rings. The van der Waals surface area contributed by atoms with Crippen molar-refractivity contribution in [3.8, 4) is 0 Å². The van der Waals surface area contributed by atoms with E-state index in [1.165, 1.54) is 14.0 Å². The number of aromatic nitrogens is 2. The molecule has 0 aliphatic carbocycles. The van der Waals surface area contributed by atoms with Crippen molar-refractivity contribution in [3.63, 3.8) is 0 Å². The molecule has 0 radical (unpaired) electrons. The first-order valence-corrected chi connectivity index (χ1v) is 8.84. The fourth-order valence-electron chi connectivity index (χ4n) is 3.00. The van der Waals surface area contributed by atoms with Crippen molar-refractivity contribution in [1.82, 2.24) is 9.78 Å². The van der Waals surface area contributed by atoms with Crippen LogP contribution in [0.25, 0.3) is 11.0 Å². The number of nitrogens with one attached hydrogen (secondary N) is 1. The van der Waals surface area contributed by atoms with Crippen LogP contribution in [0.2, 0.25) is 0 Å². The molecular formula is C20H23N3O5. The van der Waals surface area contributed by atoms with E-state index in [9.17, 15) is 9.59 Å². The van der Waals surface area contributed by atoms with E-state index in [0.29, 0.717) is 22.5 Å². The van der Waals surface area contributed by atoms with Crippen LogP contribution in [0, 0.1) is 13.8 Å². The fraction of sp³-hybridized carbons (Fsp3) is 0.350. The molecule has 8 nitrogen and oxygen atoms in total. The normalized spacial score (nSPS) is 12.2. The van der Waals surface area contributed by atoms with Crippen LogP contribution in [-0.4, -0.2) is 34.9 Å². The van der Waals surface area contributed by atoms with Crippen LogP contribution in [-0.2, 0) is 27.9 Å². The molecule has 3 aromatic rings. The maximum Gasteiger partial charge on any atom is 0.375 e. The van der Waals surface area contributed by atoms with Gasteiger partial charge in [0.05, 0.1) is 23.7 Å². The fourth-order valence-corrected chi connectivity index (χ4v) is 3.00. The Morgan fingerprint density at radius 1 is 1.29 bits per heavy atom. The number of fused-ring (bicyclic) bond motifs is 1. The number of furan rings is 1.